The minimum absolute atomic E-state index is 0. The number of carbonyl (C=O) groups is 1. The molecule has 0 aromatic carbocycles. The standard InChI is InChI=1S/C9H12N2O3.C2H6.H2S/c1-13-7-5-14-9-6(8(10)12)3-2-4-11(7)9;1-2;/h2-4,7,9H,5H2,1H3,(H2,10,12);1-2H3;1H2/p+1. The Morgan fingerprint density at radius 3 is 2.76 bits per heavy atom. The summed E-state index contributed by atoms with van der Waals surface area (Å²) < 4.78 is 10.7. The van der Waals surface area contributed by atoms with E-state index in [4.69, 9.17) is 15.2 Å². The van der Waals surface area contributed by atoms with Crippen molar-refractivity contribution in [1.29, 1.82) is 0 Å². The van der Waals surface area contributed by atoms with Gasteiger partial charge in [-0.15, -0.1) is 0 Å². The lowest BCUT2D eigenvalue weighted by Crippen LogP contribution is -3.14. The molecule has 2 aliphatic heterocycles. The van der Waals surface area contributed by atoms with Crippen LogP contribution in [0.5, 0.6) is 0 Å². The molecule has 0 radical (unpaired) electrons. The summed E-state index contributed by atoms with van der Waals surface area (Å²) in [5.74, 6) is -0.436. The van der Waals surface area contributed by atoms with Gasteiger partial charge in [-0.2, -0.15) is 13.5 Å². The highest BCUT2D eigenvalue weighted by Gasteiger charge is 2.42. The highest BCUT2D eigenvalue weighted by molar-refractivity contribution is 7.59. The summed E-state index contributed by atoms with van der Waals surface area (Å²) in [6, 6.07) is 0. The fraction of sp³-hybridized carbons (Fsp3) is 0.545. The second-order valence-corrected chi connectivity index (χ2v) is 3.28. The fourth-order valence-corrected chi connectivity index (χ4v) is 1.77. The van der Waals surface area contributed by atoms with Crippen LogP contribution >= 0.6 is 13.5 Å². The summed E-state index contributed by atoms with van der Waals surface area (Å²) in [5.41, 5.74) is 5.74. The van der Waals surface area contributed by atoms with E-state index in [1.54, 1.807) is 19.3 Å². The largest absolute Gasteiger partial charge is 0.366 e. The Kier molecular flexibility index (Phi) is 7.13. The number of ether oxygens (including phenoxy) is 2. The Labute approximate surface area is 109 Å². The van der Waals surface area contributed by atoms with Crippen molar-refractivity contribution in [3.8, 4) is 0 Å². The van der Waals surface area contributed by atoms with Gasteiger partial charge in [-0.3, -0.25) is 9.69 Å². The molecule has 17 heavy (non-hydrogen) atoms. The quantitative estimate of drug-likeness (QED) is 0.689. The number of primary amides is 1. The van der Waals surface area contributed by atoms with Gasteiger partial charge in [0.25, 0.3) is 5.91 Å². The van der Waals surface area contributed by atoms with Crippen molar-refractivity contribution < 1.29 is 19.2 Å². The number of carbonyl (C=O) groups excluding carboxylic acids is 1. The molecule has 1 fully saturated rings. The van der Waals surface area contributed by atoms with Gasteiger partial charge in [-0.1, -0.05) is 13.8 Å². The fourth-order valence-electron chi connectivity index (χ4n) is 1.77. The van der Waals surface area contributed by atoms with Gasteiger partial charge in [-0.05, 0) is 12.2 Å². The van der Waals surface area contributed by atoms with Crippen molar-refractivity contribution in [3.05, 3.63) is 23.9 Å². The summed E-state index contributed by atoms with van der Waals surface area (Å²) in [6.07, 6.45) is 5.04. The van der Waals surface area contributed by atoms with E-state index in [0.29, 0.717) is 12.2 Å². The number of rotatable bonds is 2. The number of quaternary nitrogens is 1. The lowest BCUT2D eigenvalue weighted by molar-refractivity contribution is -0.912. The zero-order valence-corrected chi connectivity index (χ0v) is 11.4. The molecule has 3 atom stereocenters. The second kappa shape index (κ2) is 7.50. The zero-order chi connectivity index (χ0) is 12.1. The number of allylic oxidation sites excluding steroid dienone is 2. The summed E-state index contributed by atoms with van der Waals surface area (Å²) in [7, 11) is 1.62. The van der Waals surface area contributed by atoms with Gasteiger partial charge in [0, 0.05) is 7.11 Å². The van der Waals surface area contributed by atoms with E-state index in [2.05, 4.69) is 0 Å². The molecule has 2 aliphatic rings. The van der Waals surface area contributed by atoms with Crippen LogP contribution in [-0.2, 0) is 14.3 Å². The molecule has 0 bridgehead atoms. The smallest absolute Gasteiger partial charge is 0.253 e. The maximum absolute atomic E-state index is 11.1. The second-order valence-electron chi connectivity index (χ2n) is 3.28. The Bertz CT molecular complexity index is 318. The highest BCUT2D eigenvalue weighted by atomic mass is 32.1. The molecule has 2 rings (SSSR count). The average molecular weight is 261 g/mol. The number of nitrogens with two attached hydrogens (primary N) is 1. The molecular formula is C11H21N2O3S+. The predicted octanol–water partition coefficient (Wildman–Crippen LogP) is -0.722. The van der Waals surface area contributed by atoms with E-state index >= 15 is 0 Å². The number of methoxy groups -OCH3 is 1. The predicted molar refractivity (Wildman–Crippen MR) is 69.6 cm³/mol. The third-order valence-corrected chi connectivity index (χ3v) is 2.50. The van der Waals surface area contributed by atoms with Crippen molar-refractivity contribution >= 4 is 19.4 Å². The van der Waals surface area contributed by atoms with E-state index in [9.17, 15) is 4.79 Å². The normalized spacial score (nSPS) is 29.4. The molecule has 0 saturated carbocycles. The van der Waals surface area contributed by atoms with Crippen LogP contribution in [0.2, 0.25) is 0 Å². The first kappa shape index (κ1) is 16.2. The monoisotopic (exact) mass is 261 g/mol. The lowest BCUT2D eigenvalue weighted by atomic mass is 10.1. The van der Waals surface area contributed by atoms with Crippen LogP contribution in [-0.4, -0.2) is 32.1 Å². The molecule has 3 unspecified atom stereocenters. The summed E-state index contributed by atoms with van der Waals surface area (Å²) in [5, 5.41) is 0. The van der Waals surface area contributed by atoms with Gasteiger partial charge in [0.1, 0.15) is 12.2 Å². The first-order valence-electron chi connectivity index (χ1n) is 5.43. The van der Waals surface area contributed by atoms with Gasteiger partial charge >= 0.3 is 0 Å². The number of fused-ring (bicyclic) bond motifs is 1. The summed E-state index contributed by atoms with van der Waals surface area (Å²) in [4.78, 5) is 12.1. The van der Waals surface area contributed by atoms with Crippen LogP contribution < -0.4 is 10.6 Å². The Balaban J connectivity index is 0.000000811. The van der Waals surface area contributed by atoms with E-state index < -0.39 is 5.91 Å². The summed E-state index contributed by atoms with van der Waals surface area (Å²) in [6.45, 7) is 4.48. The van der Waals surface area contributed by atoms with Crippen LogP contribution in [0.15, 0.2) is 23.9 Å². The third-order valence-electron chi connectivity index (χ3n) is 2.50. The van der Waals surface area contributed by atoms with Gasteiger partial charge < -0.3 is 15.2 Å². The van der Waals surface area contributed by atoms with E-state index in [1.165, 1.54) is 0 Å². The van der Waals surface area contributed by atoms with Crippen molar-refractivity contribution in [3.63, 3.8) is 0 Å². The third kappa shape index (κ3) is 3.32. The molecule has 3 N–H and O–H groups in total. The van der Waals surface area contributed by atoms with Crippen molar-refractivity contribution in [2.45, 2.75) is 26.3 Å². The highest BCUT2D eigenvalue weighted by Crippen LogP contribution is 2.10. The van der Waals surface area contributed by atoms with E-state index in [1.807, 2.05) is 20.0 Å². The number of hydrogen-bond donors (Lipinski definition) is 2. The lowest BCUT2D eigenvalue weighted by Gasteiger charge is -2.22. The minimum atomic E-state index is -0.436. The SMILES string of the molecule is CC.COC1COC2C(C(N)=O)=CC=C[NH+]12.S. The molecule has 5 nitrogen and oxygen atoms in total. The molecular weight excluding hydrogens is 240 g/mol. The Hall–Kier alpha value is -0.820. The minimum Gasteiger partial charge on any atom is -0.366 e. The average Bonchev–Trinajstić information content (AvgIpc) is 2.74. The number of amides is 1. The molecule has 0 aliphatic carbocycles. The molecule has 0 spiro atoms. The first-order valence-corrected chi connectivity index (χ1v) is 5.43. The number of hydrogen-bond acceptors (Lipinski definition) is 3. The van der Waals surface area contributed by atoms with E-state index in [-0.39, 0.29) is 26.0 Å². The molecule has 6 heteroatoms. The van der Waals surface area contributed by atoms with Gasteiger partial charge in [0.15, 0.2) is 0 Å². The molecule has 1 amide bonds. The van der Waals surface area contributed by atoms with Crippen LogP contribution in [0, 0.1) is 0 Å². The van der Waals surface area contributed by atoms with Gasteiger partial charge in [-0.25, -0.2) is 0 Å². The van der Waals surface area contributed by atoms with Crippen LogP contribution in [0.1, 0.15) is 13.8 Å². The topological polar surface area (TPSA) is 66.0 Å². The van der Waals surface area contributed by atoms with Crippen LogP contribution in [0.3, 0.4) is 0 Å². The van der Waals surface area contributed by atoms with Crippen molar-refractivity contribution in [2.24, 2.45) is 5.73 Å². The molecule has 1 saturated heterocycles. The molecule has 0 aromatic rings. The first-order chi connectivity index (χ1) is 7.74. The van der Waals surface area contributed by atoms with Crippen molar-refractivity contribution in [2.75, 3.05) is 13.7 Å². The molecule has 98 valence electrons. The van der Waals surface area contributed by atoms with Crippen LogP contribution in [0.25, 0.3) is 0 Å². The Morgan fingerprint density at radius 1 is 1.59 bits per heavy atom. The van der Waals surface area contributed by atoms with Crippen molar-refractivity contribution in [1.82, 2.24) is 0 Å². The Morgan fingerprint density at radius 2 is 2.24 bits per heavy atom. The molecule has 0 aromatic heterocycles. The molecule has 2 heterocycles. The van der Waals surface area contributed by atoms with E-state index in [0.717, 1.165) is 4.90 Å². The maximum atomic E-state index is 11.1. The zero-order valence-electron chi connectivity index (χ0n) is 10.4. The van der Waals surface area contributed by atoms with Gasteiger partial charge in [0.05, 0.1) is 6.20 Å². The van der Waals surface area contributed by atoms with Gasteiger partial charge in [0.2, 0.25) is 12.5 Å². The summed E-state index contributed by atoms with van der Waals surface area (Å²) >= 11 is 0. The van der Waals surface area contributed by atoms with Crippen LogP contribution in [0.4, 0.5) is 0 Å². The maximum Gasteiger partial charge on any atom is 0.253 e. The number of nitrogens with one attached hydrogen (secondary N) is 1.